The highest BCUT2D eigenvalue weighted by atomic mass is 32.1. The van der Waals surface area contributed by atoms with Crippen molar-refractivity contribution in [2.45, 2.75) is 57.3 Å². The molecular formula is C28H30F3N5O2S. The van der Waals surface area contributed by atoms with Crippen molar-refractivity contribution < 1.29 is 22.8 Å². The highest BCUT2D eigenvalue weighted by Crippen LogP contribution is 2.36. The van der Waals surface area contributed by atoms with Gasteiger partial charge in [0, 0.05) is 31.5 Å². The van der Waals surface area contributed by atoms with Gasteiger partial charge in [-0.3, -0.25) is 9.59 Å². The molecule has 0 unspecified atom stereocenters. The molecule has 39 heavy (non-hydrogen) atoms. The van der Waals surface area contributed by atoms with E-state index in [0.29, 0.717) is 29.8 Å². The lowest BCUT2D eigenvalue weighted by molar-refractivity contribution is -0.137. The number of aromatic nitrogens is 2. The van der Waals surface area contributed by atoms with Crippen molar-refractivity contribution in [2.75, 3.05) is 13.1 Å². The molecule has 1 aromatic heterocycles. The first-order valence-corrected chi connectivity index (χ1v) is 13.9. The van der Waals surface area contributed by atoms with E-state index in [0.717, 1.165) is 48.4 Å². The predicted octanol–water partition coefficient (Wildman–Crippen LogP) is 5.29. The number of hydrogen-bond donors (Lipinski definition) is 2. The fourth-order valence-corrected chi connectivity index (χ4v) is 5.83. The molecule has 2 aliphatic rings. The van der Waals surface area contributed by atoms with Crippen molar-refractivity contribution >= 4 is 23.2 Å². The number of piperidine rings is 1. The van der Waals surface area contributed by atoms with Crippen LogP contribution in [0.5, 0.6) is 0 Å². The fourth-order valence-electron chi connectivity index (χ4n) is 4.92. The maximum absolute atomic E-state index is 13.2. The number of carbonyl (C=O) groups excluding carboxylic acids is 2. The fraction of sp³-hybridized carbons (Fsp3) is 0.429. The summed E-state index contributed by atoms with van der Waals surface area (Å²) in [4.78, 5) is 27.1. The average Bonchev–Trinajstić information content (AvgIpc) is 3.67. The molecular weight excluding hydrogens is 527 g/mol. The van der Waals surface area contributed by atoms with Crippen molar-refractivity contribution in [2.24, 2.45) is 11.7 Å². The van der Waals surface area contributed by atoms with E-state index in [1.54, 1.807) is 24.3 Å². The summed E-state index contributed by atoms with van der Waals surface area (Å²) in [5.74, 6) is 0.342. The molecule has 3 aromatic rings. The van der Waals surface area contributed by atoms with Crippen molar-refractivity contribution in [1.29, 1.82) is 0 Å². The molecule has 1 saturated carbocycles. The van der Waals surface area contributed by atoms with Gasteiger partial charge in [0.1, 0.15) is 5.01 Å². The Bertz CT molecular complexity index is 1350. The largest absolute Gasteiger partial charge is 0.416 e. The van der Waals surface area contributed by atoms with Gasteiger partial charge in [0.15, 0.2) is 0 Å². The highest BCUT2D eigenvalue weighted by Gasteiger charge is 2.36. The van der Waals surface area contributed by atoms with Gasteiger partial charge in [-0.2, -0.15) is 13.2 Å². The van der Waals surface area contributed by atoms with Crippen LogP contribution in [-0.2, 0) is 17.5 Å². The van der Waals surface area contributed by atoms with Crippen LogP contribution < -0.4 is 11.1 Å². The normalized spacial score (nSPS) is 17.2. The highest BCUT2D eigenvalue weighted by molar-refractivity contribution is 7.13. The molecule has 2 aromatic carbocycles. The third-order valence-electron chi connectivity index (χ3n) is 7.44. The summed E-state index contributed by atoms with van der Waals surface area (Å²) in [6.07, 6.45) is -0.815. The topological polar surface area (TPSA) is 101 Å². The van der Waals surface area contributed by atoms with Gasteiger partial charge in [-0.25, -0.2) is 0 Å². The van der Waals surface area contributed by atoms with E-state index in [4.69, 9.17) is 5.73 Å². The summed E-state index contributed by atoms with van der Waals surface area (Å²) in [5.41, 5.74) is 7.49. The number of amides is 2. The Balaban J connectivity index is 1.20. The summed E-state index contributed by atoms with van der Waals surface area (Å²) in [6.45, 7) is 3.36. The summed E-state index contributed by atoms with van der Waals surface area (Å²) < 4.78 is 39.7. The van der Waals surface area contributed by atoms with Gasteiger partial charge in [-0.05, 0) is 67.0 Å². The zero-order chi connectivity index (χ0) is 27.7. The minimum absolute atomic E-state index is 0.114. The number of nitrogens with two attached hydrogens (primary N) is 1. The number of alkyl halides is 3. The zero-order valence-electron chi connectivity index (χ0n) is 21.5. The van der Waals surface area contributed by atoms with E-state index in [-0.39, 0.29) is 41.2 Å². The monoisotopic (exact) mass is 557 g/mol. The molecule has 206 valence electrons. The van der Waals surface area contributed by atoms with Crippen molar-refractivity contribution in [3.8, 4) is 11.1 Å². The van der Waals surface area contributed by atoms with E-state index in [1.165, 1.54) is 17.4 Å². The van der Waals surface area contributed by atoms with E-state index in [9.17, 15) is 22.8 Å². The first-order chi connectivity index (χ1) is 18.6. The number of halogens is 3. The van der Waals surface area contributed by atoms with Crippen LogP contribution in [0.4, 0.5) is 13.2 Å². The lowest BCUT2D eigenvalue weighted by Gasteiger charge is -2.31. The number of hydrogen-bond acceptors (Lipinski definition) is 6. The van der Waals surface area contributed by atoms with Crippen LogP contribution in [0.25, 0.3) is 11.1 Å². The number of likely N-dealkylation sites (tertiary alicyclic amines) is 1. The molecule has 5 rings (SSSR count). The third-order valence-corrected chi connectivity index (χ3v) is 8.53. The molecule has 1 aliphatic heterocycles. The summed E-state index contributed by atoms with van der Waals surface area (Å²) in [6, 6.07) is 10.2. The Morgan fingerprint density at radius 3 is 2.38 bits per heavy atom. The van der Waals surface area contributed by atoms with Gasteiger partial charge in [-0.1, -0.05) is 41.7 Å². The molecule has 11 heteroatoms. The Morgan fingerprint density at radius 2 is 1.77 bits per heavy atom. The quantitative estimate of drug-likeness (QED) is 0.411. The van der Waals surface area contributed by atoms with Crippen LogP contribution in [0.15, 0.2) is 42.5 Å². The predicted molar refractivity (Wildman–Crippen MR) is 142 cm³/mol. The van der Waals surface area contributed by atoms with Crippen molar-refractivity contribution in [3.63, 3.8) is 0 Å². The maximum atomic E-state index is 13.2. The second kappa shape index (κ2) is 11.1. The molecule has 1 aliphatic carbocycles. The van der Waals surface area contributed by atoms with E-state index < -0.39 is 11.7 Å². The van der Waals surface area contributed by atoms with Crippen LogP contribution in [0.3, 0.4) is 0 Å². The van der Waals surface area contributed by atoms with E-state index in [1.807, 2.05) is 11.8 Å². The minimum Gasteiger partial charge on any atom is -0.343 e. The lowest BCUT2D eigenvalue weighted by Crippen LogP contribution is -2.38. The van der Waals surface area contributed by atoms with Crippen LogP contribution in [-0.4, -0.2) is 40.0 Å². The molecule has 3 N–H and O–H groups in total. The number of rotatable bonds is 7. The number of carbonyl (C=O) groups is 2. The minimum atomic E-state index is -4.45. The standard InChI is InChI=1S/C28H30F3N5O2S/c1-16(17-2-4-18(5-3-17)23-14-22(28(29,30)31)9-8-21(23)15-32)33-24(37)26-35-34-25(39-26)19-10-12-36(13-11-19)27(38)20-6-7-20/h2-5,8-9,14,16,19-20H,6-7,10-13,15,32H2,1H3,(H,33,37)/t16-/m1/s1. The van der Waals surface area contributed by atoms with Gasteiger partial charge in [-0.15, -0.1) is 10.2 Å². The van der Waals surface area contributed by atoms with Crippen LogP contribution in [0, 0.1) is 5.92 Å². The lowest BCUT2D eigenvalue weighted by atomic mass is 9.95. The molecule has 2 heterocycles. The first kappa shape index (κ1) is 27.3. The Morgan fingerprint density at radius 1 is 1.08 bits per heavy atom. The SMILES string of the molecule is C[C@@H](NC(=O)c1nnc(C2CCN(C(=O)C3CC3)CC2)s1)c1ccc(-c2cc(C(F)(F)F)ccc2CN)cc1. The summed E-state index contributed by atoms with van der Waals surface area (Å²) in [5, 5.41) is 12.4. The summed E-state index contributed by atoms with van der Waals surface area (Å²) in [7, 11) is 0. The van der Waals surface area contributed by atoms with E-state index >= 15 is 0 Å². The Kier molecular flexibility index (Phi) is 7.73. The van der Waals surface area contributed by atoms with Gasteiger partial charge in [0.25, 0.3) is 5.91 Å². The maximum Gasteiger partial charge on any atom is 0.416 e. The van der Waals surface area contributed by atoms with Gasteiger partial charge in [0.05, 0.1) is 11.6 Å². The second-order valence-electron chi connectivity index (χ2n) is 10.2. The van der Waals surface area contributed by atoms with Gasteiger partial charge < -0.3 is 16.0 Å². The van der Waals surface area contributed by atoms with Gasteiger partial charge >= 0.3 is 6.18 Å². The number of benzene rings is 2. The van der Waals surface area contributed by atoms with Crippen LogP contribution >= 0.6 is 11.3 Å². The average molecular weight is 558 g/mol. The summed E-state index contributed by atoms with van der Waals surface area (Å²) >= 11 is 1.28. The smallest absolute Gasteiger partial charge is 0.343 e. The van der Waals surface area contributed by atoms with Crippen LogP contribution in [0.2, 0.25) is 0 Å². The number of nitrogens with one attached hydrogen (secondary N) is 1. The molecule has 0 radical (unpaired) electrons. The third kappa shape index (κ3) is 6.14. The van der Waals surface area contributed by atoms with Crippen molar-refractivity contribution in [3.05, 3.63) is 69.2 Å². The second-order valence-corrected chi connectivity index (χ2v) is 11.2. The Hall–Kier alpha value is -3.31. The molecule has 2 fully saturated rings. The molecule has 0 bridgehead atoms. The van der Waals surface area contributed by atoms with Gasteiger partial charge in [0.2, 0.25) is 10.9 Å². The van der Waals surface area contributed by atoms with E-state index in [2.05, 4.69) is 15.5 Å². The first-order valence-electron chi connectivity index (χ1n) is 13.1. The van der Waals surface area contributed by atoms with Crippen molar-refractivity contribution in [1.82, 2.24) is 20.4 Å². The molecule has 1 atom stereocenters. The zero-order valence-corrected chi connectivity index (χ0v) is 22.3. The Labute approximate surface area is 228 Å². The molecule has 0 spiro atoms. The molecule has 7 nitrogen and oxygen atoms in total. The molecule has 1 saturated heterocycles. The number of nitrogens with zero attached hydrogens (tertiary/aromatic N) is 3. The molecule has 2 amide bonds. The van der Waals surface area contributed by atoms with Crippen LogP contribution in [0.1, 0.15) is 76.1 Å².